The van der Waals surface area contributed by atoms with Crippen molar-refractivity contribution >= 4 is 5.71 Å². The fraction of sp³-hybridized carbons (Fsp3) is 0.294. The molecule has 122 valence electrons. The van der Waals surface area contributed by atoms with Crippen molar-refractivity contribution in [2.24, 2.45) is 5.16 Å². The van der Waals surface area contributed by atoms with Crippen LogP contribution in [0.3, 0.4) is 0 Å². The number of benzene rings is 1. The van der Waals surface area contributed by atoms with Crippen LogP contribution < -0.4 is 0 Å². The molecule has 0 spiro atoms. The van der Waals surface area contributed by atoms with E-state index in [4.69, 9.17) is 4.84 Å². The third-order valence-corrected chi connectivity index (χ3v) is 2.95. The number of nitrogens with zero attached hydrogens (tertiary/aromatic N) is 2. The Morgan fingerprint density at radius 1 is 1.22 bits per heavy atom. The van der Waals surface area contributed by atoms with Gasteiger partial charge in [0, 0.05) is 17.8 Å². The lowest BCUT2D eigenvalue weighted by molar-refractivity contribution is 0.00108. The number of oxime groups is 1. The summed E-state index contributed by atoms with van der Waals surface area (Å²) in [6, 6.07) is 5.44. The number of halogens is 1. The zero-order chi connectivity index (χ0) is 17.2. The molecular weight excluding hydrogens is 299 g/mol. The Hall–Kier alpha value is -2.63. The van der Waals surface area contributed by atoms with E-state index in [2.05, 4.69) is 10.1 Å². The monoisotopic (exact) mass is 318 g/mol. The Kier molecular flexibility index (Phi) is 4.54. The summed E-state index contributed by atoms with van der Waals surface area (Å²) in [6.45, 7) is 6.99. The maximum atomic E-state index is 13.6. The molecule has 0 amide bonds. The molecule has 0 unspecified atom stereocenters. The van der Waals surface area contributed by atoms with Gasteiger partial charge >= 0.3 is 0 Å². The van der Waals surface area contributed by atoms with E-state index in [1.165, 1.54) is 18.3 Å². The summed E-state index contributed by atoms with van der Waals surface area (Å²) in [7, 11) is 0. The number of aryl methyl sites for hydroxylation is 1. The molecule has 23 heavy (non-hydrogen) atoms. The number of aromatic nitrogens is 1. The zero-order valence-electron chi connectivity index (χ0n) is 13.5. The van der Waals surface area contributed by atoms with E-state index in [0.717, 1.165) is 6.07 Å². The number of rotatable bonds is 3. The summed E-state index contributed by atoms with van der Waals surface area (Å²) < 4.78 is 13.6. The van der Waals surface area contributed by atoms with Crippen molar-refractivity contribution in [3.8, 4) is 11.5 Å². The lowest BCUT2D eigenvalue weighted by Crippen LogP contribution is -2.18. The third-order valence-electron chi connectivity index (χ3n) is 2.95. The molecule has 0 aliphatic rings. The first-order valence-electron chi connectivity index (χ1n) is 7.09. The van der Waals surface area contributed by atoms with Crippen LogP contribution in [0.25, 0.3) is 0 Å². The molecule has 1 heterocycles. The van der Waals surface area contributed by atoms with E-state index in [1.54, 1.807) is 13.0 Å². The molecule has 0 aliphatic carbocycles. The molecule has 0 aliphatic heterocycles. The minimum absolute atomic E-state index is 0.120. The van der Waals surface area contributed by atoms with Gasteiger partial charge in [-0.2, -0.15) is 0 Å². The second-order valence-corrected chi connectivity index (χ2v) is 6.13. The highest BCUT2D eigenvalue weighted by molar-refractivity contribution is 6.14. The fourth-order valence-electron chi connectivity index (χ4n) is 1.84. The van der Waals surface area contributed by atoms with Crippen LogP contribution in [0.2, 0.25) is 0 Å². The first-order chi connectivity index (χ1) is 10.7. The van der Waals surface area contributed by atoms with Gasteiger partial charge in [0.25, 0.3) is 0 Å². The predicted molar refractivity (Wildman–Crippen MR) is 85.2 cm³/mol. The van der Waals surface area contributed by atoms with Crippen molar-refractivity contribution in [2.45, 2.75) is 33.3 Å². The molecule has 0 bridgehead atoms. The molecule has 0 saturated carbocycles. The van der Waals surface area contributed by atoms with Gasteiger partial charge in [0.1, 0.15) is 34.3 Å². The van der Waals surface area contributed by atoms with Crippen molar-refractivity contribution in [1.29, 1.82) is 0 Å². The lowest BCUT2D eigenvalue weighted by atomic mass is 10.0. The van der Waals surface area contributed by atoms with E-state index < -0.39 is 11.4 Å². The molecule has 6 heteroatoms. The maximum absolute atomic E-state index is 13.6. The molecule has 2 N–H and O–H groups in total. The van der Waals surface area contributed by atoms with Crippen LogP contribution >= 0.6 is 0 Å². The van der Waals surface area contributed by atoms with Crippen LogP contribution in [0.1, 0.15) is 37.6 Å². The molecule has 2 rings (SSSR count). The molecule has 0 radical (unpaired) electrons. The average Bonchev–Trinajstić information content (AvgIpc) is 2.45. The lowest BCUT2D eigenvalue weighted by Gasteiger charge is -2.18. The Morgan fingerprint density at radius 2 is 1.91 bits per heavy atom. The Morgan fingerprint density at radius 3 is 2.52 bits per heavy atom. The van der Waals surface area contributed by atoms with Crippen LogP contribution in [0.4, 0.5) is 4.39 Å². The quantitative estimate of drug-likeness (QED) is 0.671. The fourth-order valence-corrected chi connectivity index (χ4v) is 1.84. The highest BCUT2D eigenvalue weighted by Gasteiger charge is 2.21. The number of aromatic hydroxyl groups is 2. The van der Waals surface area contributed by atoms with Crippen LogP contribution in [-0.4, -0.2) is 26.5 Å². The number of phenols is 1. The van der Waals surface area contributed by atoms with Crippen LogP contribution in [0.15, 0.2) is 35.6 Å². The van der Waals surface area contributed by atoms with Crippen molar-refractivity contribution in [1.82, 2.24) is 4.98 Å². The van der Waals surface area contributed by atoms with Crippen molar-refractivity contribution in [2.75, 3.05) is 0 Å². The Balaban J connectivity index is 2.64. The van der Waals surface area contributed by atoms with Gasteiger partial charge in [-0.05, 0) is 51.5 Å². The van der Waals surface area contributed by atoms with Crippen molar-refractivity contribution < 1.29 is 19.4 Å². The van der Waals surface area contributed by atoms with E-state index in [1.807, 2.05) is 20.8 Å². The summed E-state index contributed by atoms with van der Waals surface area (Å²) in [5.74, 6) is -0.966. The number of hydrogen-bond donors (Lipinski definition) is 2. The van der Waals surface area contributed by atoms with Gasteiger partial charge in [-0.15, -0.1) is 0 Å². The summed E-state index contributed by atoms with van der Waals surface area (Å²) in [6.07, 6.45) is 1.48. The van der Waals surface area contributed by atoms with E-state index >= 15 is 0 Å². The molecule has 1 aromatic heterocycles. The predicted octanol–water partition coefficient (Wildman–Crippen LogP) is 3.51. The highest BCUT2D eigenvalue weighted by atomic mass is 19.1. The number of hydrogen-bond acceptors (Lipinski definition) is 5. The second-order valence-electron chi connectivity index (χ2n) is 6.13. The summed E-state index contributed by atoms with van der Waals surface area (Å²) in [4.78, 5) is 9.50. The SMILES string of the molecule is Cc1cc(C(=NOC(C)(C)C)c2ncccc2O)c(O)cc1F. The standard InChI is InChI=1S/C17H19FN2O3/c1-10-8-11(14(22)9-12(10)18)15(20-23-17(2,3)4)16-13(21)6-5-7-19-16/h5-9,21-22H,1-4H3. The highest BCUT2D eigenvalue weighted by Crippen LogP contribution is 2.27. The smallest absolute Gasteiger partial charge is 0.143 e. The maximum Gasteiger partial charge on any atom is 0.143 e. The second kappa shape index (κ2) is 6.24. The Bertz CT molecular complexity index is 752. The van der Waals surface area contributed by atoms with Gasteiger partial charge < -0.3 is 15.1 Å². The summed E-state index contributed by atoms with van der Waals surface area (Å²) >= 11 is 0. The largest absolute Gasteiger partial charge is 0.507 e. The molecule has 5 nitrogen and oxygen atoms in total. The first-order valence-corrected chi connectivity index (χ1v) is 7.09. The average molecular weight is 318 g/mol. The Labute approximate surface area is 134 Å². The number of pyridine rings is 1. The molecule has 0 atom stereocenters. The molecule has 1 aromatic carbocycles. The topological polar surface area (TPSA) is 74.9 Å². The molecule has 0 saturated heterocycles. The van der Waals surface area contributed by atoms with Crippen molar-refractivity contribution in [3.05, 3.63) is 53.1 Å². The minimum Gasteiger partial charge on any atom is -0.507 e. The van der Waals surface area contributed by atoms with Gasteiger partial charge in [-0.25, -0.2) is 4.39 Å². The first kappa shape index (κ1) is 16.7. The van der Waals surface area contributed by atoms with E-state index in [0.29, 0.717) is 5.56 Å². The van der Waals surface area contributed by atoms with Gasteiger partial charge in [-0.1, -0.05) is 5.16 Å². The van der Waals surface area contributed by atoms with Gasteiger partial charge in [0.15, 0.2) is 0 Å². The number of phenolic OH excluding ortho intramolecular Hbond substituents is 1. The normalized spacial score (nSPS) is 12.3. The van der Waals surface area contributed by atoms with Crippen molar-refractivity contribution in [3.63, 3.8) is 0 Å². The van der Waals surface area contributed by atoms with Crippen LogP contribution in [0.5, 0.6) is 11.5 Å². The molecule has 2 aromatic rings. The third kappa shape index (κ3) is 3.97. The molecular formula is C17H19FN2O3. The molecule has 0 fully saturated rings. The van der Waals surface area contributed by atoms with E-state index in [-0.39, 0.29) is 28.5 Å². The zero-order valence-corrected chi connectivity index (χ0v) is 13.5. The van der Waals surface area contributed by atoms with Crippen LogP contribution in [-0.2, 0) is 4.84 Å². The van der Waals surface area contributed by atoms with Crippen LogP contribution in [0, 0.1) is 12.7 Å². The van der Waals surface area contributed by atoms with E-state index in [9.17, 15) is 14.6 Å². The van der Waals surface area contributed by atoms with Gasteiger partial charge in [-0.3, -0.25) is 4.98 Å². The minimum atomic E-state index is -0.583. The summed E-state index contributed by atoms with van der Waals surface area (Å²) in [5.41, 5.74) is 0.232. The summed E-state index contributed by atoms with van der Waals surface area (Å²) in [5, 5.41) is 24.2. The van der Waals surface area contributed by atoms with Gasteiger partial charge in [0.05, 0.1) is 0 Å². The van der Waals surface area contributed by atoms with Gasteiger partial charge in [0.2, 0.25) is 0 Å².